The highest BCUT2D eigenvalue weighted by Crippen LogP contribution is 2.29. The third-order valence-electron chi connectivity index (χ3n) is 5.01. The van der Waals surface area contributed by atoms with E-state index in [0.29, 0.717) is 11.3 Å². The van der Waals surface area contributed by atoms with E-state index in [4.69, 9.17) is 9.52 Å². The molecule has 1 aliphatic rings. The van der Waals surface area contributed by atoms with Gasteiger partial charge in [0.25, 0.3) is 21.8 Å². The van der Waals surface area contributed by atoms with E-state index in [0.717, 1.165) is 11.8 Å². The second-order valence-electron chi connectivity index (χ2n) is 7.40. The summed E-state index contributed by atoms with van der Waals surface area (Å²) in [5.74, 6) is -1.34. The van der Waals surface area contributed by atoms with Crippen LogP contribution in [-0.4, -0.2) is 49.3 Å². The minimum atomic E-state index is -3.97. The van der Waals surface area contributed by atoms with Gasteiger partial charge in [-0.15, -0.1) is 0 Å². The molecule has 3 rings (SSSR count). The highest BCUT2D eigenvalue weighted by atomic mass is 32.2. The summed E-state index contributed by atoms with van der Waals surface area (Å²) in [4.78, 5) is 37.2. The molecule has 176 valence electrons. The lowest BCUT2D eigenvalue weighted by Crippen LogP contribution is -2.43. The Hall–Kier alpha value is -4.01. The summed E-state index contributed by atoms with van der Waals surface area (Å²) >= 11 is 0. The molecular formula is C23H21N3O7S. The summed E-state index contributed by atoms with van der Waals surface area (Å²) in [6.45, 7) is 2.36. The lowest BCUT2D eigenvalue weighted by atomic mass is 9.94. The van der Waals surface area contributed by atoms with Gasteiger partial charge in [-0.2, -0.15) is 5.26 Å². The van der Waals surface area contributed by atoms with Crippen LogP contribution in [0, 0.1) is 11.3 Å². The summed E-state index contributed by atoms with van der Waals surface area (Å²) in [6, 6.07) is 10.7. The quantitative estimate of drug-likeness (QED) is 0.445. The number of benzene rings is 1. The van der Waals surface area contributed by atoms with Gasteiger partial charge < -0.3 is 9.52 Å². The van der Waals surface area contributed by atoms with Gasteiger partial charge in [0.2, 0.25) is 5.91 Å². The lowest BCUT2D eigenvalue weighted by molar-refractivity contribution is -0.140. The van der Waals surface area contributed by atoms with Crippen molar-refractivity contribution in [3.63, 3.8) is 0 Å². The predicted molar refractivity (Wildman–Crippen MR) is 120 cm³/mol. The van der Waals surface area contributed by atoms with Gasteiger partial charge in [0.1, 0.15) is 23.2 Å². The Kier molecular flexibility index (Phi) is 7.14. The third kappa shape index (κ3) is 4.98. The van der Waals surface area contributed by atoms with Crippen molar-refractivity contribution < 1.29 is 32.3 Å². The Labute approximate surface area is 195 Å². The summed E-state index contributed by atoms with van der Waals surface area (Å²) in [5, 5.41) is 18.4. The van der Waals surface area contributed by atoms with Crippen LogP contribution in [0.2, 0.25) is 0 Å². The van der Waals surface area contributed by atoms with E-state index >= 15 is 0 Å². The minimum Gasteiger partial charge on any atom is -0.457 e. The number of aliphatic hydroxyl groups is 1. The number of hydrogen-bond acceptors (Lipinski definition) is 8. The molecule has 11 heteroatoms. The number of nitriles is 1. The topological polar surface area (TPSA) is 158 Å². The van der Waals surface area contributed by atoms with Crippen LogP contribution in [0.3, 0.4) is 0 Å². The fourth-order valence-electron chi connectivity index (χ4n) is 3.34. The molecule has 0 bridgehead atoms. The normalized spacial score (nSPS) is 15.6. The molecule has 1 aromatic carbocycles. The van der Waals surface area contributed by atoms with E-state index in [9.17, 15) is 28.1 Å². The summed E-state index contributed by atoms with van der Waals surface area (Å²) in [7, 11) is -3.97. The molecule has 34 heavy (non-hydrogen) atoms. The number of carbonyl (C=O) groups excluding carboxylic acids is 3. The standard InChI is InChI=1S/C23H21N3O7S/c1-14-19(22(29)26(10-3-11-27)23(30)20(14)13-24)12-17-6-9-21(33-17)16-4-7-18(8-5-16)34(31,32)25-15(2)28/h4-9,12,27H,3,10-11H2,1-2H3,(H,25,28)/b19-12+. The van der Waals surface area contributed by atoms with Crippen LogP contribution < -0.4 is 4.72 Å². The first-order valence-electron chi connectivity index (χ1n) is 10.1. The van der Waals surface area contributed by atoms with Crippen molar-refractivity contribution in [3.8, 4) is 17.4 Å². The first kappa shape index (κ1) is 24.6. The fourth-order valence-corrected chi connectivity index (χ4v) is 4.33. The fraction of sp³-hybridized carbons (Fsp3) is 0.217. The largest absolute Gasteiger partial charge is 0.457 e. The smallest absolute Gasteiger partial charge is 0.271 e. The number of carbonyl (C=O) groups is 3. The number of sulfonamides is 1. The van der Waals surface area contributed by atoms with Crippen LogP contribution in [0.4, 0.5) is 0 Å². The van der Waals surface area contributed by atoms with Crippen LogP contribution >= 0.6 is 0 Å². The number of nitrogens with one attached hydrogen (secondary N) is 1. The van der Waals surface area contributed by atoms with Crippen molar-refractivity contribution in [1.29, 1.82) is 5.26 Å². The van der Waals surface area contributed by atoms with Gasteiger partial charge in [-0.1, -0.05) is 0 Å². The highest BCUT2D eigenvalue weighted by molar-refractivity contribution is 7.90. The van der Waals surface area contributed by atoms with Gasteiger partial charge in [-0.05, 0) is 61.4 Å². The predicted octanol–water partition coefficient (Wildman–Crippen LogP) is 1.75. The molecule has 0 saturated heterocycles. The van der Waals surface area contributed by atoms with Crippen LogP contribution in [-0.2, 0) is 24.4 Å². The lowest BCUT2D eigenvalue weighted by Gasteiger charge is -2.27. The number of amides is 3. The molecular weight excluding hydrogens is 462 g/mol. The molecule has 2 aromatic rings. The molecule has 0 radical (unpaired) electrons. The van der Waals surface area contributed by atoms with Gasteiger partial charge in [0, 0.05) is 31.2 Å². The SMILES string of the molecule is CC(=O)NS(=O)(=O)c1ccc(-c2ccc(/C=C3/C(=O)N(CCCO)C(=O)C(C#N)=C3C)o2)cc1. The van der Waals surface area contributed by atoms with Gasteiger partial charge in [-0.3, -0.25) is 19.3 Å². The van der Waals surface area contributed by atoms with E-state index in [-0.39, 0.29) is 46.9 Å². The summed E-state index contributed by atoms with van der Waals surface area (Å²) in [6.07, 6.45) is 1.60. The zero-order chi connectivity index (χ0) is 25.0. The van der Waals surface area contributed by atoms with Crippen molar-refractivity contribution in [2.24, 2.45) is 0 Å². The number of furan rings is 1. The molecule has 0 aliphatic carbocycles. The molecule has 0 unspecified atom stereocenters. The molecule has 1 aliphatic heterocycles. The average molecular weight is 484 g/mol. The van der Waals surface area contributed by atoms with Crippen molar-refractivity contribution in [1.82, 2.24) is 9.62 Å². The Morgan fingerprint density at radius 3 is 2.44 bits per heavy atom. The maximum Gasteiger partial charge on any atom is 0.271 e. The zero-order valence-corrected chi connectivity index (χ0v) is 19.2. The van der Waals surface area contributed by atoms with Crippen molar-refractivity contribution in [3.05, 3.63) is 58.9 Å². The van der Waals surface area contributed by atoms with Gasteiger partial charge in [0.15, 0.2) is 0 Å². The van der Waals surface area contributed by atoms with Gasteiger partial charge >= 0.3 is 0 Å². The van der Waals surface area contributed by atoms with Crippen LogP contribution in [0.25, 0.3) is 17.4 Å². The maximum absolute atomic E-state index is 12.9. The Balaban J connectivity index is 1.92. The van der Waals surface area contributed by atoms with Gasteiger partial charge in [-0.25, -0.2) is 13.1 Å². The molecule has 1 aromatic heterocycles. The first-order valence-corrected chi connectivity index (χ1v) is 11.6. The average Bonchev–Trinajstić information content (AvgIpc) is 3.25. The van der Waals surface area contributed by atoms with E-state index in [1.165, 1.54) is 37.3 Å². The first-order chi connectivity index (χ1) is 16.1. The van der Waals surface area contributed by atoms with Crippen LogP contribution in [0.15, 0.2) is 62.4 Å². The van der Waals surface area contributed by atoms with E-state index in [1.54, 1.807) is 12.1 Å². The van der Waals surface area contributed by atoms with Crippen molar-refractivity contribution in [2.75, 3.05) is 13.2 Å². The number of imide groups is 1. The number of nitrogens with zero attached hydrogens (tertiary/aromatic N) is 2. The van der Waals surface area contributed by atoms with Gasteiger partial charge in [0.05, 0.1) is 4.90 Å². The molecule has 0 atom stereocenters. The Bertz CT molecular complexity index is 1360. The maximum atomic E-state index is 12.9. The number of aliphatic hydroxyl groups excluding tert-OH is 1. The number of rotatable bonds is 7. The van der Waals surface area contributed by atoms with E-state index in [2.05, 4.69) is 0 Å². The van der Waals surface area contributed by atoms with Crippen molar-refractivity contribution >= 4 is 33.8 Å². The second kappa shape index (κ2) is 9.86. The van der Waals surface area contributed by atoms with Crippen LogP contribution in [0.1, 0.15) is 26.0 Å². The molecule has 2 N–H and O–H groups in total. The van der Waals surface area contributed by atoms with E-state index in [1.807, 2.05) is 10.8 Å². The minimum absolute atomic E-state index is 0.0267. The summed E-state index contributed by atoms with van der Waals surface area (Å²) < 4.78 is 31.8. The second-order valence-corrected chi connectivity index (χ2v) is 9.08. The van der Waals surface area contributed by atoms with E-state index < -0.39 is 27.7 Å². The van der Waals surface area contributed by atoms with Crippen LogP contribution in [0.5, 0.6) is 0 Å². The highest BCUT2D eigenvalue weighted by Gasteiger charge is 2.35. The molecule has 10 nitrogen and oxygen atoms in total. The molecule has 2 heterocycles. The molecule has 0 saturated carbocycles. The molecule has 3 amide bonds. The third-order valence-corrected chi connectivity index (χ3v) is 6.45. The summed E-state index contributed by atoms with van der Waals surface area (Å²) in [5.41, 5.74) is 0.729. The van der Waals surface area contributed by atoms with Crippen molar-refractivity contribution in [2.45, 2.75) is 25.2 Å². The molecule has 0 spiro atoms. The Morgan fingerprint density at radius 2 is 1.85 bits per heavy atom. The Morgan fingerprint density at radius 1 is 1.18 bits per heavy atom. The number of hydrogen-bond donors (Lipinski definition) is 2. The zero-order valence-electron chi connectivity index (χ0n) is 18.4. The molecule has 0 fully saturated rings. The monoisotopic (exact) mass is 483 g/mol.